The Bertz CT molecular complexity index is 758. The third kappa shape index (κ3) is 3.56. The minimum atomic E-state index is -3.78. The number of rotatable bonds is 5. The fraction of sp³-hybridized carbons (Fsp3) is 0.333. The average Bonchev–Trinajstić information content (AvgIpc) is 2.79. The normalized spacial score (nSPS) is 11.8. The number of aryl methyl sites for hydroxylation is 2. The molecule has 3 N–H and O–H groups in total. The maximum atomic E-state index is 13.3. The van der Waals surface area contributed by atoms with E-state index in [1.165, 1.54) is 6.92 Å². The Kier molecular flexibility index (Phi) is 4.24. The quantitative estimate of drug-likeness (QED) is 0.794. The van der Waals surface area contributed by atoms with Gasteiger partial charge >= 0.3 is 0 Å². The van der Waals surface area contributed by atoms with Gasteiger partial charge in [0.15, 0.2) is 5.82 Å². The van der Waals surface area contributed by atoms with Crippen molar-refractivity contribution in [1.82, 2.24) is 14.9 Å². The number of benzene rings is 1. The van der Waals surface area contributed by atoms with Gasteiger partial charge in [0, 0.05) is 13.0 Å². The highest BCUT2D eigenvalue weighted by Gasteiger charge is 2.18. The highest BCUT2D eigenvalue weighted by atomic mass is 32.2. The van der Waals surface area contributed by atoms with Crippen LogP contribution in [0, 0.1) is 19.7 Å². The van der Waals surface area contributed by atoms with E-state index in [1.807, 2.05) is 0 Å². The zero-order valence-corrected chi connectivity index (χ0v) is 12.4. The fourth-order valence-electron chi connectivity index (χ4n) is 1.77. The summed E-state index contributed by atoms with van der Waals surface area (Å²) in [7, 11) is -3.78. The van der Waals surface area contributed by atoms with Crippen molar-refractivity contribution in [1.29, 1.82) is 0 Å². The van der Waals surface area contributed by atoms with Crippen LogP contribution in [0.25, 0.3) is 0 Å². The Labute approximate surface area is 121 Å². The van der Waals surface area contributed by atoms with Gasteiger partial charge in [-0.15, -0.1) is 0 Å². The Balaban J connectivity index is 2.10. The number of sulfonamides is 1. The lowest BCUT2D eigenvalue weighted by Gasteiger charge is -2.10. The molecule has 0 unspecified atom stereocenters. The van der Waals surface area contributed by atoms with Gasteiger partial charge in [-0.25, -0.2) is 17.5 Å². The van der Waals surface area contributed by atoms with Crippen LogP contribution in [0.5, 0.6) is 0 Å². The zero-order valence-electron chi connectivity index (χ0n) is 11.6. The van der Waals surface area contributed by atoms with E-state index in [2.05, 4.69) is 14.9 Å². The molecule has 0 atom stereocenters. The van der Waals surface area contributed by atoms with Crippen LogP contribution in [0.1, 0.15) is 17.3 Å². The summed E-state index contributed by atoms with van der Waals surface area (Å²) in [6, 6.07) is 2.19. The van der Waals surface area contributed by atoms with Gasteiger partial charge in [0.25, 0.3) is 0 Å². The monoisotopic (exact) mass is 314 g/mol. The topological polar surface area (TPSA) is 111 Å². The molecular weight excluding hydrogens is 299 g/mol. The Morgan fingerprint density at radius 3 is 2.71 bits per heavy atom. The van der Waals surface area contributed by atoms with E-state index in [1.54, 1.807) is 6.92 Å². The van der Waals surface area contributed by atoms with Crippen molar-refractivity contribution in [3.05, 3.63) is 35.2 Å². The van der Waals surface area contributed by atoms with Gasteiger partial charge in [-0.1, -0.05) is 5.16 Å². The summed E-state index contributed by atoms with van der Waals surface area (Å²) < 4.78 is 44.8. The van der Waals surface area contributed by atoms with E-state index in [4.69, 9.17) is 10.3 Å². The molecule has 0 aliphatic carbocycles. The number of nitrogens with zero attached hydrogens (tertiary/aromatic N) is 2. The molecule has 2 rings (SSSR count). The van der Waals surface area contributed by atoms with Gasteiger partial charge in [0.1, 0.15) is 5.82 Å². The first-order valence-corrected chi connectivity index (χ1v) is 7.62. The first-order chi connectivity index (χ1) is 9.79. The summed E-state index contributed by atoms with van der Waals surface area (Å²) in [5.41, 5.74) is 5.47. The lowest BCUT2D eigenvalue weighted by molar-refractivity contribution is 0.375. The second-order valence-corrected chi connectivity index (χ2v) is 6.26. The van der Waals surface area contributed by atoms with Gasteiger partial charge in [0.2, 0.25) is 15.9 Å². The number of nitrogens with two attached hydrogens (primary N) is 1. The molecule has 21 heavy (non-hydrogen) atoms. The summed E-state index contributed by atoms with van der Waals surface area (Å²) in [6.45, 7) is 3.25. The number of aromatic nitrogens is 2. The molecule has 1 aromatic heterocycles. The Morgan fingerprint density at radius 2 is 2.10 bits per heavy atom. The number of hydrogen-bond donors (Lipinski definition) is 2. The first-order valence-electron chi connectivity index (χ1n) is 6.14. The van der Waals surface area contributed by atoms with Crippen molar-refractivity contribution < 1.29 is 17.3 Å². The number of hydrogen-bond acceptors (Lipinski definition) is 6. The van der Waals surface area contributed by atoms with Crippen LogP contribution < -0.4 is 10.5 Å². The predicted molar refractivity (Wildman–Crippen MR) is 73.5 cm³/mol. The van der Waals surface area contributed by atoms with Crippen LogP contribution in [-0.2, 0) is 16.4 Å². The van der Waals surface area contributed by atoms with Crippen molar-refractivity contribution in [2.75, 3.05) is 12.3 Å². The standard InChI is InChI=1S/C12H15FN4O3S/c1-7-5-9(13)10(14)6-11(7)21(18,19)15-4-3-12-16-8(2)17-20-12/h5-6,15H,3-4,14H2,1-2H3. The lowest BCUT2D eigenvalue weighted by Crippen LogP contribution is -2.27. The second kappa shape index (κ2) is 5.78. The van der Waals surface area contributed by atoms with E-state index in [0.717, 1.165) is 12.1 Å². The molecule has 114 valence electrons. The number of nitrogen functional groups attached to an aromatic ring is 1. The van der Waals surface area contributed by atoms with Gasteiger partial charge in [0.05, 0.1) is 10.6 Å². The average molecular weight is 314 g/mol. The molecule has 0 aliphatic rings. The predicted octanol–water partition coefficient (Wildman–Crippen LogP) is 0.929. The van der Waals surface area contributed by atoms with Crippen LogP contribution in [0.3, 0.4) is 0 Å². The molecule has 1 heterocycles. The number of anilines is 1. The summed E-state index contributed by atoms with van der Waals surface area (Å²) in [6.07, 6.45) is 0.260. The molecule has 0 bridgehead atoms. The summed E-state index contributed by atoms with van der Waals surface area (Å²) in [4.78, 5) is 3.91. The summed E-state index contributed by atoms with van der Waals surface area (Å²) >= 11 is 0. The Hall–Kier alpha value is -2.00. The molecule has 0 fully saturated rings. The second-order valence-electron chi connectivity index (χ2n) is 4.52. The van der Waals surface area contributed by atoms with Crippen molar-refractivity contribution in [2.45, 2.75) is 25.2 Å². The van der Waals surface area contributed by atoms with E-state index < -0.39 is 15.8 Å². The van der Waals surface area contributed by atoms with Gasteiger partial charge in [-0.3, -0.25) is 0 Å². The van der Waals surface area contributed by atoms with Crippen molar-refractivity contribution in [3.8, 4) is 0 Å². The minimum Gasteiger partial charge on any atom is -0.396 e. The minimum absolute atomic E-state index is 0.0527. The van der Waals surface area contributed by atoms with Gasteiger partial charge in [-0.2, -0.15) is 4.98 Å². The molecule has 2 aromatic rings. The van der Waals surface area contributed by atoms with Crippen LogP contribution >= 0.6 is 0 Å². The molecular formula is C12H15FN4O3S. The fourth-order valence-corrected chi connectivity index (χ4v) is 3.06. The SMILES string of the molecule is Cc1noc(CCNS(=O)(=O)c2cc(N)c(F)cc2C)n1. The zero-order chi connectivity index (χ0) is 15.6. The molecule has 0 saturated heterocycles. The molecule has 0 aliphatic heterocycles. The first kappa shape index (κ1) is 15.4. The molecule has 9 heteroatoms. The van der Waals surface area contributed by atoms with E-state index in [0.29, 0.717) is 11.7 Å². The number of nitrogens with one attached hydrogen (secondary N) is 1. The smallest absolute Gasteiger partial charge is 0.240 e. The summed E-state index contributed by atoms with van der Waals surface area (Å²) in [5, 5.41) is 3.60. The molecule has 0 amide bonds. The van der Waals surface area contributed by atoms with Crippen molar-refractivity contribution >= 4 is 15.7 Å². The Morgan fingerprint density at radius 1 is 1.38 bits per heavy atom. The molecule has 0 saturated carbocycles. The molecule has 0 spiro atoms. The molecule has 1 aromatic carbocycles. The van der Waals surface area contributed by atoms with Crippen molar-refractivity contribution in [3.63, 3.8) is 0 Å². The maximum absolute atomic E-state index is 13.3. The van der Waals surface area contributed by atoms with Crippen LogP contribution in [0.2, 0.25) is 0 Å². The molecule has 0 radical (unpaired) electrons. The lowest BCUT2D eigenvalue weighted by atomic mass is 10.2. The van der Waals surface area contributed by atoms with E-state index in [9.17, 15) is 12.8 Å². The van der Waals surface area contributed by atoms with E-state index >= 15 is 0 Å². The highest BCUT2D eigenvalue weighted by Crippen LogP contribution is 2.21. The van der Waals surface area contributed by atoms with E-state index in [-0.39, 0.29) is 29.1 Å². The maximum Gasteiger partial charge on any atom is 0.240 e. The highest BCUT2D eigenvalue weighted by molar-refractivity contribution is 7.89. The summed E-state index contributed by atoms with van der Waals surface area (Å²) in [5.74, 6) is 0.174. The van der Waals surface area contributed by atoms with Gasteiger partial charge in [-0.05, 0) is 31.5 Å². The number of halogens is 1. The van der Waals surface area contributed by atoms with Crippen LogP contribution in [0.4, 0.5) is 10.1 Å². The third-order valence-corrected chi connectivity index (χ3v) is 4.39. The van der Waals surface area contributed by atoms with Crippen LogP contribution in [0.15, 0.2) is 21.6 Å². The van der Waals surface area contributed by atoms with Crippen molar-refractivity contribution in [2.24, 2.45) is 0 Å². The van der Waals surface area contributed by atoms with Gasteiger partial charge < -0.3 is 10.3 Å². The molecule has 7 nitrogen and oxygen atoms in total. The largest absolute Gasteiger partial charge is 0.396 e. The van der Waals surface area contributed by atoms with Crippen LogP contribution in [-0.4, -0.2) is 25.1 Å². The third-order valence-electron chi connectivity index (χ3n) is 2.78.